The molecule has 23 heavy (non-hydrogen) atoms. The summed E-state index contributed by atoms with van der Waals surface area (Å²) in [4.78, 5) is 0. The van der Waals surface area contributed by atoms with Crippen molar-refractivity contribution in [1.29, 1.82) is 0 Å². The van der Waals surface area contributed by atoms with Crippen molar-refractivity contribution in [2.75, 3.05) is 13.2 Å². The molecule has 0 aromatic carbocycles. The first kappa shape index (κ1) is 18.8. The van der Waals surface area contributed by atoms with Gasteiger partial charge in [-0.3, -0.25) is 0 Å². The number of halogens is 7. The van der Waals surface area contributed by atoms with Gasteiger partial charge in [0.15, 0.2) is 5.67 Å². The van der Waals surface area contributed by atoms with Gasteiger partial charge in [-0.25, -0.2) is 4.39 Å². The van der Waals surface area contributed by atoms with Crippen LogP contribution in [0, 0.1) is 23.7 Å². The van der Waals surface area contributed by atoms with Gasteiger partial charge in [0.2, 0.25) is 0 Å². The van der Waals surface area contributed by atoms with E-state index in [0.717, 1.165) is 0 Å². The third-order valence-corrected chi connectivity index (χ3v) is 5.70. The molecule has 2 aliphatic carbocycles. The van der Waals surface area contributed by atoms with Crippen LogP contribution in [0.2, 0.25) is 0 Å². The lowest BCUT2D eigenvalue weighted by atomic mass is 9.66. The predicted octanol–water partition coefficient (Wildman–Crippen LogP) is 3.88. The highest BCUT2D eigenvalue weighted by Gasteiger charge is 2.86. The molecular formula is C14H19F7O2. The number of ether oxygens (including phenoxy) is 1. The van der Waals surface area contributed by atoms with E-state index >= 15 is 4.39 Å². The Kier molecular flexibility index (Phi) is 4.46. The lowest BCUT2D eigenvalue weighted by Crippen LogP contribution is -2.73. The Labute approximate surface area is 129 Å². The summed E-state index contributed by atoms with van der Waals surface area (Å²) < 4.78 is 100. The van der Waals surface area contributed by atoms with Crippen LogP contribution >= 0.6 is 0 Å². The highest BCUT2D eigenvalue weighted by molar-refractivity contribution is 5.21. The molecule has 0 spiro atoms. The summed E-state index contributed by atoms with van der Waals surface area (Å²) in [5.74, 6) is -2.67. The number of aliphatic hydroxyl groups excluding tert-OH is 1. The van der Waals surface area contributed by atoms with Crippen LogP contribution < -0.4 is 0 Å². The van der Waals surface area contributed by atoms with Gasteiger partial charge in [-0.1, -0.05) is 13.8 Å². The molecule has 0 saturated heterocycles. The Hall–Kier alpha value is -0.570. The number of fused-ring (bicyclic) bond motifs is 2. The van der Waals surface area contributed by atoms with Crippen molar-refractivity contribution < 1.29 is 40.6 Å². The van der Waals surface area contributed by atoms with Gasteiger partial charge in [-0.2, -0.15) is 26.3 Å². The van der Waals surface area contributed by atoms with Crippen LogP contribution in [0.4, 0.5) is 30.7 Å². The summed E-state index contributed by atoms with van der Waals surface area (Å²) in [6.45, 7) is 0.884. The second-order valence-electron chi connectivity index (χ2n) is 6.64. The third-order valence-electron chi connectivity index (χ3n) is 5.70. The van der Waals surface area contributed by atoms with Crippen molar-refractivity contribution in [1.82, 2.24) is 0 Å². The second kappa shape index (κ2) is 5.47. The number of rotatable bonds is 4. The van der Waals surface area contributed by atoms with Crippen LogP contribution in [0.1, 0.15) is 26.7 Å². The van der Waals surface area contributed by atoms with Crippen LogP contribution in [-0.4, -0.2) is 41.9 Å². The fraction of sp³-hybridized carbons (Fsp3) is 1.00. The van der Waals surface area contributed by atoms with E-state index in [4.69, 9.17) is 5.11 Å². The van der Waals surface area contributed by atoms with Crippen molar-refractivity contribution in [2.45, 2.75) is 50.3 Å². The Balaban J connectivity index is 2.58. The largest absolute Gasteiger partial charge is 0.429 e. The molecule has 2 nitrogen and oxygen atoms in total. The topological polar surface area (TPSA) is 29.5 Å². The molecule has 2 saturated carbocycles. The number of aliphatic hydroxyl groups is 1. The smallest absolute Gasteiger partial charge is 0.394 e. The third kappa shape index (κ3) is 2.37. The summed E-state index contributed by atoms with van der Waals surface area (Å²) in [5.41, 5.74) is -8.50. The molecule has 0 aromatic rings. The van der Waals surface area contributed by atoms with Crippen LogP contribution in [0.15, 0.2) is 0 Å². The van der Waals surface area contributed by atoms with Crippen molar-refractivity contribution in [3.63, 3.8) is 0 Å². The highest BCUT2D eigenvalue weighted by atomic mass is 19.4. The number of hydrogen-bond donors (Lipinski definition) is 1. The van der Waals surface area contributed by atoms with Gasteiger partial charge in [0.05, 0.1) is 13.2 Å². The van der Waals surface area contributed by atoms with Gasteiger partial charge in [-0.05, 0) is 36.5 Å². The maximum atomic E-state index is 15.4. The number of alkyl halides is 7. The van der Waals surface area contributed by atoms with Gasteiger partial charge in [-0.15, -0.1) is 0 Å². The Morgan fingerprint density at radius 2 is 1.57 bits per heavy atom. The Bertz CT molecular complexity index is 431. The van der Waals surface area contributed by atoms with E-state index in [-0.39, 0.29) is 12.3 Å². The van der Waals surface area contributed by atoms with Crippen LogP contribution in [0.25, 0.3) is 0 Å². The van der Waals surface area contributed by atoms with E-state index < -0.39 is 61.0 Å². The van der Waals surface area contributed by atoms with Gasteiger partial charge in [0, 0.05) is 0 Å². The molecule has 2 aliphatic rings. The van der Waals surface area contributed by atoms with Crippen molar-refractivity contribution in [3.8, 4) is 0 Å². The minimum Gasteiger partial charge on any atom is -0.394 e. The first-order valence-electron chi connectivity index (χ1n) is 7.40. The number of hydrogen-bond acceptors (Lipinski definition) is 2. The average molecular weight is 352 g/mol. The standard InChI is InChI=1S/C14H19F7O2/c1-7-8(2)10-5-9(7)6-11(10,15)12(13(16,17)18,14(19,20)21)23-4-3-22/h7-10,22H,3-6H2,1-2H3. The zero-order valence-corrected chi connectivity index (χ0v) is 12.6. The maximum absolute atomic E-state index is 15.4. The molecule has 0 amide bonds. The first-order valence-corrected chi connectivity index (χ1v) is 7.40. The molecule has 2 fully saturated rings. The monoisotopic (exact) mass is 352 g/mol. The molecule has 0 aromatic heterocycles. The summed E-state index contributed by atoms with van der Waals surface area (Å²) in [6.07, 6.45) is -12.8. The van der Waals surface area contributed by atoms with E-state index in [0.29, 0.717) is 0 Å². The molecule has 136 valence electrons. The van der Waals surface area contributed by atoms with Crippen LogP contribution in [0.3, 0.4) is 0 Å². The van der Waals surface area contributed by atoms with Crippen molar-refractivity contribution in [2.24, 2.45) is 23.7 Å². The maximum Gasteiger partial charge on any atom is 0.429 e. The predicted molar refractivity (Wildman–Crippen MR) is 66.3 cm³/mol. The van der Waals surface area contributed by atoms with E-state index in [1.807, 2.05) is 0 Å². The van der Waals surface area contributed by atoms with E-state index in [1.165, 1.54) is 6.92 Å². The van der Waals surface area contributed by atoms with E-state index in [1.54, 1.807) is 6.92 Å². The average Bonchev–Trinajstić information content (AvgIpc) is 2.85. The quantitative estimate of drug-likeness (QED) is 0.778. The van der Waals surface area contributed by atoms with Crippen molar-refractivity contribution in [3.05, 3.63) is 0 Å². The summed E-state index contributed by atoms with van der Waals surface area (Å²) in [5, 5.41) is 8.63. The molecule has 5 atom stereocenters. The molecule has 9 heteroatoms. The van der Waals surface area contributed by atoms with Gasteiger partial charge >= 0.3 is 12.4 Å². The van der Waals surface area contributed by atoms with E-state index in [9.17, 15) is 26.3 Å². The summed E-state index contributed by atoms with van der Waals surface area (Å²) >= 11 is 0. The van der Waals surface area contributed by atoms with E-state index in [2.05, 4.69) is 4.74 Å². The molecule has 0 aliphatic heterocycles. The molecule has 2 rings (SSSR count). The zero-order chi connectivity index (χ0) is 17.8. The van der Waals surface area contributed by atoms with Gasteiger partial charge in [0.25, 0.3) is 5.60 Å². The molecule has 1 N–H and O–H groups in total. The Morgan fingerprint density at radius 1 is 1.04 bits per heavy atom. The SMILES string of the molecule is CC1C2CC(C1C)C(F)(C(OCCO)(C(F)(F)F)C(F)(F)F)C2. The summed E-state index contributed by atoms with van der Waals surface area (Å²) in [7, 11) is 0. The molecule has 5 unspecified atom stereocenters. The fourth-order valence-corrected chi connectivity index (χ4v) is 4.48. The highest BCUT2D eigenvalue weighted by Crippen LogP contribution is 2.67. The van der Waals surface area contributed by atoms with Crippen molar-refractivity contribution >= 4 is 0 Å². The fourth-order valence-electron chi connectivity index (χ4n) is 4.48. The van der Waals surface area contributed by atoms with Crippen LogP contribution in [0.5, 0.6) is 0 Å². The minimum absolute atomic E-state index is 0.0186. The van der Waals surface area contributed by atoms with Crippen LogP contribution in [-0.2, 0) is 4.74 Å². The Morgan fingerprint density at radius 3 is 1.91 bits per heavy atom. The molecular weight excluding hydrogens is 333 g/mol. The zero-order valence-electron chi connectivity index (χ0n) is 12.6. The first-order chi connectivity index (χ1) is 10.3. The molecule has 0 heterocycles. The van der Waals surface area contributed by atoms with Gasteiger partial charge < -0.3 is 9.84 Å². The second-order valence-corrected chi connectivity index (χ2v) is 6.64. The normalized spacial score (nSPS) is 38.3. The minimum atomic E-state index is -5.98. The molecule has 2 bridgehead atoms. The lowest BCUT2D eigenvalue weighted by Gasteiger charge is -2.50. The van der Waals surface area contributed by atoms with Gasteiger partial charge in [0.1, 0.15) is 0 Å². The summed E-state index contributed by atoms with van der Waals surface area (Å²) in [6, 6.07) is 0. The molecule has 0 radical (unpaired) electrons. The lowest BCUT2D eigenvalue weighted by molar-refractivity contribution is -0.422.